The average molecular weight is 233 g/mol. The van der Waals surface area contributed by atoms with Gasteiger partial charge < -0.3 is 19.1 Å². The second kappa shape index (κ2) is 11.3. The predicted octanol–water partition coefficient (Wildman–Crippen LogP) is 1.74. The lowest BCUT2D eigenvalue weighted by Crippen LogP contribution is -2.29. The minimum atomic E-state index is -0.0652. The van der Waals surface area contributed by atoms with Crippen LogP contribution in [0.25, 0.3) is 0 Å². The van der Waals surface area contributed by atoms with E-state index >= 15 is 0 Å². The zero-order valence-electron chi connectivity index (χ0n) is 11.2. The Bertz CT molecular complexity index is 138. The molecule has 0 aliphatic heterocycles. The average Bonchev–Trinajstić information content (AvgIpc) is 2.27. The molecule has 0 aromatic rings. The van der Waals surface area contributed by atoms with Crippen LogP contribution < -0.4 is 0 Å². The lowest BCUT2D eigenvalue weighted by Gasteiger charge is -2.21. The molecule has 0 amide bonds. The lowest BCUT2D eigenvalue weighted by atomic mass is 10.3. The molecule has 0 spiro atoms. The number of ether oxygens (including phenoxy) is 3. The van der Waals surface area contributed by atoms with Crippen LogP contribution in [-0.2, 0) is 14.2 Å². The van der Waals surface area contributed by atoms with Crippen LogP contribution in [0.5, 0.6) is 0 Å². The van der Waals surface area contributed by atoms with Crippen molar-refractivity contribution >= 4 is 0 Å². The number of likely N-dealkylation sites (N-methyl/N-ethyl adjacent to an activating group) is 1. The maximum Gasteiger partial charge on any atom is 0.158 e. The van der Waals surface area contributed by atoms with E-state index in [2.05, 4.69) is 11.9 Å². The van der Waals surface area contributed by atoms with Gasteiger partial charge in [-0.1, -0.05) is 0 Å². The number of rotatable bonds is 11. The molecule has 0 aromatic carbocycles. The van der Waals surface area contributed by atoms with Crippen molar-refractivity contribution in [2.75, 3.05) is 46.6 Å². The van der Waals surface area contributed by atoms with E-state index in [-0.39, 0.29) is 6.29 Å². The second-order valence-electron chi connectivity index (χ2n) is 3.63. The van der Waals surface area contributed by atoms with Gasteiger partial charge in [0.1, 0.15) is 0 Å². The summed E-state index contributed by atoms with van der Waals surface area (Å²) in [4.78, 5) is 2.24. The highest BCUT2D eigenvalue weighted by atomic mass is 16.7. The van der Waals surface area contributed by atoms with Gasteiger partial charge in [-0.15, -0.1) is 0 Å². The summed E-state index contributed by atoms with van der Waals surface area (Å²) in [6.07, 6.45) is 0.842. The Hall–Kier alpha value is -0.160. The summed E-state index contributed by atoms with van der Waals surface area (Å²) in [7, 11) is 2.09. The summed E-state index contributed by atoms with van der Waals surface area (Å²) in [5, 5.41) is 0. The van der Waals surface area contributed by atoms with Gasteiger partial charge in [-0.25, -0.2) is 0 Å². The number of nitrogens with zero attached hydrogens (tertiary/aromatic N) is 1. The summed E-state index contributed by atoms with van der Waals surface area (Å²) in [5.74, 6) is 0. The fraction of sp³-hybridized carbons (Fsp3) is 1.00. The van der Waals surface area contributed by atoms with E-state index in [4.69, 9.17) is 14.2 Å². The fourth-order valence-electron chi connectivity index (χ4n) is 1.39. The van der Waals surface area contributed by atoms with Crippen molar-refractivity contribution < 1.29 is 14.2 Å². The predicted molar refractivity (Wildman–Crippen MR) is 65.6 cm³/mol. The first-order valence-corrected chi connectivity index (χ1v) is 6.24. The smallest absolute Gasteiger partial charge is 0.158 e. The molecule has 0 saturated heterocycles. The topological polar surface area (TPSA) is 30.9 Å². The summed E-state index contributed by atoms with van der Waals surface area (Å²) in [6, 6.07) is 0. The highest BCUT2D eigenvalue weighted by Crippen LogP contribution is 2.02. The van der Waals surface area contributed by atoms with Gasteiger partial charge in [0.25, 0.3) is 0 Å². The zero-order chi connectivity index (χ0) is 12.2. The molecule has 4 nitrogen and oxygen atoms in total. The zero-order valence-corrected chi connectivity index (χ0v) is 11.2. The quantitative estimate of drug-likeness (QED) is 0.402. The molecule has 4 heteroatoms. The molecule has 16 heavy (non-hydrogen) atoms. The SMILES string of the molecule is CCOCCN(C)CCC(OCC)OCC. The Labute approximate surface area is 99.9 Å². The third-order valence-electron chi connectivity index (χ3n) is 2.27. The Kier molecular flexibility index (Phi) is 11.2. The minimum absolute atomic E-state index is 0.0652. The Morgan fingerprint density at radius 2 is 1.56 bits per heavy atom. The van der Waals surface area contributed by atoms with Crippen molar-refractivity contribution in [2.45, 2.75) is 33.5 Å². The van der Waals surface area contributed by atoms with E-state index in [1.165, 1.54) is 0 Å². The highest BCUT2D eigenvalue weighted by molar-refractivity contribution is 4.54. The number of hydrogen-bond donors (Lipinski definition) is 0. The number of hydrogen-bond acceptors (Lipinski definition) is 4. The first kappa shape index (κ1) is 15.8. The molecule has 0 aliphatic carbocycles. The molecule has 0 aliphatic rings. The van der Waals surface area contributed by atoms with Crippen LogP contribution in [0.4, 0.5) is 0 Å². The van der Waals surface area contributed by atoms with Crippen molar-refractivity contribution in [2.24, 2.45) is 0 Å². The molecule has 0 rings (SSSR count). The summed E-state index contributed by atoms with van der Waals surface area (Å²) in [5.41, 5.74) is 0. The minimum Gasteiger partial charge on any atom is -0.380 e. The van der Waals surface area contributed by atoms with Gasteiger partial charge in [0, 0.05) is 39.3 Å². The van der Waals surface area contributed by atoms with Crippen molar-refractivity contribution in [3.63, 3.8) is 0 Å². The molecule has 0 saturated carbocycles. The monoisotopic (exact) mass is 233 g/mol. The molecule has 0 radical (unpaired) electrons. The third kappa shape index (κ3) is 9.09. The Morgan fingerprint density at radius 1 is 0.938 bits per heavy atom. The van der Waals surface area contributed by atoms with Gasteiger partial charge in [-0.3, -0.25) is 0 Å². The molecule has 98 valence electrons. The van der Waals surface area contributed by atoms with Crippen molar-refractivity contribution in [1.82, 2.24) is 4.90 Å². The summed E-state index contributed by atoms with van der Waals surface area (Å²) < 4.78 is 16.3. The Morgan fingerprint density at radius 3 is 2.06 bits per heavy atom. The lowest BCUT2D eigenvalue weighted by molar-refractivity contribution is -0.141. The summed E-state index contributed by atoms with van der Waals surface area (Å²) in [6.45, 7) is 10.9. The van der Waals surface area contributed by atoms with Gasteiger partial charge in [0.2, 0.25) is 0 Å². The first-order chi connectivity index (χ1) is 7.74. The first-order valence-electron chi connectivity index (χ1n) is 6.24. The molecule has 0 heterocycles. The Balaban J connectivity index is 3.56. The van der Waals surface area contributed by atoms with Gasteiger partial charge in [-0.05, 0) is 27.8 Å². The van der Waals surface area contributed by atoms with Crippen LogP contribution >= 0.6 is 0 Å². The molecule has 0 bridgehead atoms. The molecule has 0 unspecified atom stereocenters. The normalized spacial score (nSPS) is 11.6. The van der Waals surface area contributed by atoms with Gasteiger partial charge in [0.05, 0.1) is 6.61 Å². The van der Waals surface area contributed by atoms with Crippen LogP contribution in [0.15, 0.2) is 0 Å². The van der Waals surface area contributed by atoms with Crippen molar-refractivity contribution in [3.05, 3.63) is 0 Å². The van der Waals surface area contributed by atoms with Crippen LogP contribution in [0, 0.1) is 0 Å². The largest absolute Gasteiger partial charge is 0.380 e. The van der Waals surface area contributed by atoms with E-state index in [9.17, 15) is 0 Å². The molecule has 0 N–H and O–H groups in total. The van der Waals surface area contributed by atoms with Gasteiger partial charge in [0.15, 0.2) is 6.29 Å². The van der Waals surface area contributed by atoms with E-state index in [0.29, 0.717) is 13.2 Å². The molecular formula is C12H27NO3. The maximum atomic E-state index is 5.48. The van der Waals surface area contributed by atoms with Gasteiger partial charge >= 0.3 is 0 Å². The van der Waals surface area contributed by atoms with Crippen LogP contribution in [0.3, 0.4) is 0 Å². The molecular weight excluding hydrogens is 206 g/mol. The summed E-state index contributed by atoms with van der Waals surface area (Å²) >= 11 is 0. The van der Waals surface area contributed by atoms with Crippen LogP contribution in [-0.4, -0.2) is 57.8 Å². The fourth-order valence-corrected chi connectivity index (χ4v) is 1.39. The van der Waals surface area contributed by atoms with E-state index in [0.717, 1.165) is 32.7 Å². The van der Waals surface area contributed by atoms with E-state index in [1.807, 2.05) is 20.8 Å². The molecule has 0 fully saturated rings. The van der Waals surface area contributed by atoms with Crippen LogP contribution in [0.1, 0.15) is 27.2 Å². The van der Waals surface area contributed by atoms with E-state index < -0.39 is 0 Å². The second-order valence-corrected chi connectivity index (χ2v) is 3.63. The van der Waals surface area contributed by atoms with E-state index in [1.54, 1.807) is 0 Å². The van der Waals surface area contributed by atoms with Crippen LogP contribution in [0.2, 0.25) is 0 Å². The molecule has 0 atom stereocenters. The van der Waals surface area contributed by atoms with Crippen molar-refractivity contribution in [1.29, 1.82) is 0 Å². The third-order valence-corrected chi connectivity index (χ3v) is 2.27. The van der Waals surface area contributed by atoms with Gasteiger partial charge in [-0.2, -0.15) is 0 Å². The highest BCUT2D eigenvalue weighted by Gasteiger charge is 2.09. The van der Waals surface area contributed by atoms with Crippen molar-refractivity contribution in [3.8, 4) is 0 Å². The standard InChI is InChI=1S/C12H27NO3/c1-5-14-11-10-13(4)9-8-12(15-6-2)16-7-3/h12H,5-11H2,1-4H3. The maximum absolute atomic E-state index is 5.48. The molecule has 0 aromatic heterocycles.